The Morgan fingerprint density at radius 2 is 2.13 bits per heavy atom. The maximum Gasteiger partial charge on any atom is 0.253 e. The molecule has 3 rings (SSSR count). The van der Waals surface area contributed by atoms with Crippen molar-refractivity contribution in [2.75, 3.05) is 20.2 Å². The molecular formula is C18H26N2O3. The van der Waals surface area contributed by atoms with Crippen LogP contribution < -0.4 is 10.1 Å². The second-order valence-corrected chi connectivity index (χ2v) is 6.61. The smallest absolute Gasteiger partial charge is 0.253 e. The van der Waals surface area contributed by atoms with Crippen molar-refractivity contribution in [3.63, 3.8) is 0 Å². The van der Waals surface area contributed by atoms with Gasteiger partial charge < -0.3 is 15.2 Å². The van der Waals surface area contributed by atoms with E-state index >= 15 is 0 Å². The van der Waals surface area contributed by atoms with Crippen LogP contribution in [0.5, 0.6) is 5.75 Å². The number of benzene rings is 1. The zero-order chi connectivity index (χ0) is 16.2. The molecule has 2 fully saturated rings. The van der Waals surface area contributed by atoms with Gasteiger partial charge in [-0.25, -0.2) is 0 Å². The van der Waals surface area contributed by atoms with Crippen molar-refractivity contribution in [1.29, 1.82) is 0 Å². The summed E-state index contributed by atoms with van der Waals surface area (Å²) in [6.45, 7) is 1.95. The lowest BCUT2D eigenvalue weighted by molar-refractivity contribution is -0.130. The van der Waals surface area contributed by atoms with Gasteiger partial charge in [0, 0.05) is 25.2 Å². The second kappa shape index (κ2) is 7.32. The average molecular weight is 318 g/mol. The van der Waals surface area contributed by atoms with Crippen LogP contribution >= 0.6 is 0 Å². The topological polar surface area (TPSA) is 61.8 Å². The highest BCUT2D eigenvalue weighted by Gasteiger charge is 2.31. The van der Waals surface area contributed by atoms with Crippen LogP contribution in [0.4, 0.5) is 0 Å². The first-order chi connectivity index (χ1) is 11.2. The van der Waals surface area contributed by atoms with E-state index in [1.165, 1.54) is 25.7 Å². The number of aliphatic hydroxyl groups is 1. The van der Waals surface area contributed by atoms with E-state index in [0.29, 0.717) is 17.4 Å². The van der Waals surface area contributed by atoms with Crippen molar-refractivity contribution in [2.45, 2.75) is 50.3 Å². The molecule has 1 amide bonds. The Morgan fingerprint density at radius 3 is 2.87 bits per heavy atom. The van der Waals surface area contributed by atoms with Gasteiger partial charge in [0.2, 0.25) is 0 Å². The maximum atomic E-state index is 12.3. The lowest BCUT2D eigenvalue weighted by atomic mass is 10.1. The number of carbonyl (C=O) groups excluding carboxylic acids is 1. The van der Waals surface area contributed by atoms with Crippen molar-refractivity contribution < 1.29 is 14.6 Å². The van der Waals surface area contributed by atoms with Crippen LogP contribution in [-0.2, 0) is 4.79 Å². The maximum absolute atomic E-state index is 12.3. The fraction of sp³-hybridized carbons (Fsp3) is 0.611. The summed E-state index contributed by atoms with van der Waals surface area (Å²) in [6, 6.07) is 7.85. The first kappa shape index (κ1) is 16.3. The normalized spacial score (nSPS) is 23.8. The Morgan fingerprint density at radius 1 is 1.35 bits per heavy atom. The quantitative estimate of drug-likeness (QED) is 0.870. The molecule has 0 aromatic heterocycles. The highest BCUT2D eigenvalue weighted by atomic mass is 16.5. The number of nitrogens with one attached hydrogen (secondary N) is 1. The summed E-state index contributed by atoms with van der Waals surface area (Å²) in [6.07, 6.45) is 5.04. The number of likely N-dealkylation sites (tertiary alicyclic amines) is 1. The van der Waals surface area contributed by atoms with Crippen LogP contribution in [0.3, 0.4) is 0 Å². The van der Waals surface area contributed by atoms with E-state index < -0.39 is 6.10 Å². The number of amides is 1. The molecule has 2 atom stereocenters. The lowest BCUT2D eigenvalue weighted by Gasteiger charge is -2.23. The third-order valence-corrected chi connectivity index (χ3v) is 5.07. The van der Waals surface area contributed by atoms with Crippen LogP contribution in [0.15, 0.2) is 24.3 Å². The Labute approximate surface area is 137 Å². The Kier molecular flexibility index (Phi) is 5.18. The van der Waals surface area contributed by atoms with Gasteiger partial charge in [0.25, 0.3) is 5.91 Å². The third kappa shape index (κ3) is 3.85. The third-order valence-electron chi connectivity index (χ3n) is 5.07. The van der Waals surface area contributed by atoms with E-state index in [9.17, 15) is 9.90 Å². The van der Waals surface area contributed by atoms with Crippen LogP contribution in [0.25, 0.3) is 0 Å². The molecule has 1 aliphatic carbocycles. The molecule has 2 N–H and O–H groups in total. The molecule has 1 aromatic rings. The van der Waals surface area contributed by atoms with E-state index in [0.717, 1.165) is 19.5 Å². The first-order valence-corrected chi connectivity index (χ1v) is 8.54. The van der Waals surface area contributed by atoms with Crippen LogP contribution in [0, 0.1) is 0 Å². The zero-order valence-corrected chi connectivity index (χ0v) is 13.7. The number of hydrogen-bond donors (Lipinski definition) is 2. The standard InChI is InChI=1S/C18H26N2O3/c1-23-16-8-4-5-13(11-16)17(21)18(22)19-14-9-10-20(12-14)15-6-2-3-7-15/h4-5,8,11,14-15,17,21H,2-3,6-7,9-10,12H2,1H3,(H,19,22). The summed E-state index contributed by atoms with van der Waals surface area (Å²) in [4.78, 5) is 14.8. The van der Waals surface area contributed by atoms with Crippen molar-refractivity contribution in [3.05, 3.63) is 29.8 Å². The lowest BCUT2D eigenvalue weighted by Crippen LogP contribution is -2.41. The molecule has 1 aromatic carbocycles. The molecule has 5 heteroatoms. The SMILES string of the molecule is COc1cccc(C(O)C(=O)NC2CCN(C3CCCC3)C2)c1. The Hall–Kier alpha value is -1.59. The molecule has 1 saturated heterocycles. The molecule has 0 spiro atoms. The van der Waals surface area contributed by atoms with Gasteiger partial charge in [0.15, 0.2) is 6.10 Å². The molecule has 126 valence electrons. The number of carbonyl (C=O) groups is 1. The van der Waals surface area contributed by atoms with Gasteiger partial charge in [-0.05, 0) is 37.0 Å². The fourth-order valence-electron chi connectivity index (χ4n) is 3.75. The number of nitrogens with zero attached hydrogens (tertiary/aromatic N) is 1. The predicted molar refractivity (Wildman–Crippen MR) is 88.3 cm³/mol. The molecule has 2 unspecified atom stereocenters. The molecule has 1 aliphatic heterocycles. The average Bonchev–Trinajstić information content (AvgIpc) is 3.25. The van der Waals surface area contributed by atoms with Crippen molar-refractivity contribution in [3.8, 4) is 5.75 Å². The van der Waals surface area contributed by atoms with Gasteiger partial charge in [0.1, 0.15) is 5.75 Å². The number of rotatable bonds is 5. The number of hydrogen-bond acceptors (Lipinski definition) is 4. The van der Waals surface area contributed by atoms with Crippen LogP contribution in [-0.4, -0.2) is 48.2 Å². The summed E-state index contributed by atoms with van der Waals surface area (Å²) < 4.78 is 5.14. The monoisotopic (exact) mass is 318 g/mol. The van der Waals surface area contributed by atoms with Crippen molar-refractivity contribution >= 4 is 5.91 Å². The number of methoxy groups -OCH3 is 1. The Bertz CT molecular complexity index is 543. The highest BCUT2D eigenvalue weighted by molar-refractivity contribution is 5.82. The van der Waals surface area contributed by atoms with Crippen LogP contribution in [0.1, 0.15) is 43.8 Å². The van der Waals surface area contributed by atoms with Gasteiger partial charge in [-0.2, -0.15) is 0 Å². The molecule has 0 radical (unpaired) electrons. The summed E-state index contributed by atoms with van der Waals surface area (Å²) >= 11 is 0. The van der Waals surface area contributed by atoms with E-state index in [1.807, 2.05) is 0 Å². The number of aliphatic hydroxyl groups excluding tert-OH is 1. The minimum absolute atomic E-state index is 0.142. The first-order valence-electron chi connectivity index (χ1n) is 8.54. The Balaban J connectivity index is 1.54. The van der Waals surface area contributed by atoms with Gasteiger partial charge in [-0.1, -0.05) is 25.0 Å². The molecule has 5 nitrogen and oxygen atoms in total. The summed E-state index contributed by atoms with van der Waals surface area (Å²) in [5, 5.41) is 13.3. The molecule has 1 heterocycles. The number of ether oxygens (including phenoxy) is 1. The van der Waals surface area contributed by atoms with Gasteiger partial charge >= 0.3 is 0 Å². The van der Waals surface area contributed by atoms with E-state index in [1.54, 1.807) is 31.4 Å². The van der Waals surface area contributed by atoms with Gasteiger partial charge in [0.05, 0.1) is 7.11 Å². The van der Waals surface area contributed by atoms with E-state index in [4.69, 9.17) is 4.74 Å². The fourth-order valence-corrected chi connectivity index (χ4v) is 3.75. The molecular weight excluding hydrogens is 292 g/mol. The van der Waals surface area contributed by atoms with Crippen molar-refractivity contribution in [1.82, 2.24) is 10.2 Å². The highest BCUT2D eigenvalue weighted by Crippen LogP contribution is 2.27. The molecule has 0 bridgehead atoms. The summed E-state index contributed by atoms with van der Waals surface area (Å²) in [7, 11) is 1.57. The van der Waals surface area contributed by atoms with Crippen molar-refractivity contribution in [2.24, 2.45) is 0 Å². The largest absolute Gasteiger partial charge is 0.497 e. The minimum Gasteiger partial charge on any atom is -0.497 e. The summed E-state index contributed by atoms with van der Waals surface area (Å²) in [5.41, 5.74) is 0.562. The minimum atomic E-state index is -1.15. The zero-order valence-electron chi connectivity index (χ0n) is 13.7. The molecule has 23 heavy (non-hydrogen) atoms. The predicted octanol–water partition coefficient (Wildman–Crippen LogP) is 1.86. The van der Waals surface area contributed by atoms with Gasteiger partial charge in [-0.3, -0.25) is 9.69 Å². The summed E-state index contributed by atoms with van der Waals surface area (Å²) in [5.74, 6) is 0.319. The van der Waals surface area contributed by atoms with E-state index in [-0.39, 0.29) is 11.9 Å². The van der Waals surface area contributed by atoms with E-state index in [2.05, 4.69) is 10.2 Å². The molecule has 1 saturated carbocycles. The second-order valence-electron chi connectivity index (χ2n) is 6.61. The molecule has 2 aliphatic rings. The van der Waals surface area contributed by atoms with Gasteiger partial charge in [-0.15, -0.1) is 0 Å². The van der Waals surface area contributed by atoms with Crippen LogP contribution in [0.2, 0.25) is 0 Å².